The zero-order valence-electron chi connectivity index (χ0n) is 10.3. The van der Waals surface area contributed by atoms with E-state index in [1.165, 1.54) is 0 Å². The molecule has 0 saturated carbocycles. The van der Waals surface area contributed by atoms with E-state index in [-0.39, 0.29) is 6.04 Å². The van der Waals surface area contributed by atoms with Gasteiger partial charge in [-0.25, -0.2) is 0 Å². The fourth-order valence-electron chi connectivity index (χ4n) is 1.70. The lowest BCUT2D eigenvalue weighted by molar-refractivity contribution is 0.306. The first-order valence-electron chi connectivity index (χ1n) is 5.88. The predicted octanol–water partition coefficient (Wildman–Crippen LogP) is 3.94. The highest BCUT2D eigenvalue weighted by Gasteiger charge is 2.07. The number of nitrogens with two attached hydrogens (primary N) is 1. The molecular formula is C15H16ClNO. The summed E-state index contributed by atoms with van der Waals surface area (Å²) < 4.78 is 5.72. The number of hydrogen-bond acceptors (Lipinski definition) is 2. The van der Waals surface area contributed by atoms with E-state index in [0.717, 1.165) is 16.9 Å². The lowest BCUT2D eigenvalue weighted by Gasteiger charge is -2.12. The molecule has 0 amide bonds. The summed E-state index contributed by atoms with van der Waals surface area (Å²) >= 11 is 6.07. The number of rotatable bonds is 4. The molecule has 0 aliphatic carbocycles. The maximum absolute atomic E-state index is 6.07. The van der Waals surface area contributed by atoms with Crippen molar-refractivity contribution in [2.45, 2.75) is 19.6 Å². The lowest BCUT2D eigenvalue weighted by Crippen LogP contribution is -2.06. The summed E-state index contributed by atoms with van der Waals surface area (Å²) in [5.41, 5.74) is 7.89. The molecule has 0 aromatic heterocycles. The van der Waals surface area contributed by atoms with E-state index in [1.807, 2.05) is 55.5 Å². The van der Waals surface area contributed by atoms with Gasteiger partial charge >= 0.3 is 0 Å². The van der Waals surface area contributed by atoms with Crippen molar-refractivity contribution in [3.63, 3.8) is 0 Å². The van der Waals surface area contributed by atoms with E-state index in [0.29, 0.717) is 11.6 Å². The van der Waals surface area contributed by atoms with Crippen LogP contribution in [-0.4, -0.2) is 0 Å². The Morgan fingerprint density at radius 3 is 2.56 bits per heavy atom. The first-order valence-corrected chi connectivity index (χ1v) is 6.26. The molecule has 3 heteroatoms. The molecule has 2 aromatic carbocycles. The summed E-state index contributed by atoms with van der Waals surface area (Å²) in [4.78, 5) is 0. The molecule has 0 saturated heterocycles. The Kier molecular flexibility index (Phi) is 4.24. The van der Waals surface area contributed by atoms with Crippen LogP contribution in [0.2, 0.25) is 5.02 Å². The van der Waals surface area contributed by atoms with E-state index in [1.54, 1.807) is 0 Å². The van der Waals surface area contributed by atoms with Crippen molar-refractivity contribution in [2.24, 2.45) is 5.73 Å². The van der Waals surface area contributed by atoms with Gasteiger partial charge in [-0.3, -0.25) is 0 Å². The Morgan fingerprint density at radius 1 is 1.17 bits per heavy atom. The summed E-state index contributed by atoms with van der Waals surface area (Å²) in [7, 11) is 0. The van der Waals surface area contributed by atoms with Gasteiger partial charge in [0.05, 0.1) is 0 Å². The van der Waals surface area contributed by atoms with E-state index in [4.69, 9.17) is 22.1 Å². The van der Waals surface area contributed by atoms with Gasteiger partial charge in [-0.15, -0.1) is 0 Å². The Balaban J connectivity index is 2.08. The number of benzene rings is 2. The van der Waals surface area contributed by atoms with Crippen molar-refractivity contribution < 1.29 is 4.74 Å². The van der Waals surface area contributed by atoms with E-state index in [9.17, 15) is 0 Å². The number of hydrogen-bond donors (Lipinski definition) is 1. The van der Waals surface area contributed by atoms with Crippen molar-refractivity contribution in [1.29, 1.82) is 0 Å². The third-order valence-electron chi connectivity index (χ3n) is 2.71. The molecule has 94 valence electrons. The van der Waals surface area contributed by atoms with E-state index < -0.39 is 0 Å². The molecule has 0 spiro atoms. The minimum atomic E-state index is -0.0993. The quantitative estimate of drug-likeness (QED) is 0.905. The minimum absolute atomic E-state index is 0.0993. The molecular weight excluding hydrogens is 246 g/mol. The van der Waals surface area contributed by atoms with Crippen molar-refractivity contribution >= 4 is 11.6 Å². The van der Waals surface area contributed by atoms with Gasteiger partial charge < -0.3 is 10.5 Å². The second-order valence-corrected chi connectivity index (χ2v) is 4.65. The van der Waals surface area contributed by atoms with Crippen LogP contribution >= 0.6 is 11.6 Å². The van der Waals surface area contributed by atoms with E-state index in [2.05, 4.69) is 0 Å². The maximum atomic E-state index is 6.07. The SMILES string of the molecule is CC(N)c1cc(OCc2ccccc2)ccc1Cl. The van der Waals surface area contributed by atoms with Crippen LogP contribution in [0.15, 0.2) is 48.5 Å². The van der Waals surface area contributed by atoms with Crippen LogP contribution in [0.25, 0.3) is 0 Å². The van der Waals surface area contributed by atoms with Gasteiger partial charge in [0.2, 0.25) is 0 Å². The third-order valence-corrected chi connectivity index (χ3v) is 3.05. The topological polar surface area (TPSA) is 35.2 Å². The van der Waals surface area contributed by atoms with Crippen LogP contribution in [0.3, 0.4) is 0 Å². The van der Waals surface area contributed by atoms with Gasteiger partial charge in [-0.1, -0.05) is 41.9 Å². The molecule has 2 aromatic rings. The summed E-state index contributed by atoms with van der Waals surface area (Å²) in [5.74, 6) is 0.788. The molecule has 1 unspecified atom stereocenters. The highest BCUT2D eigenvalue weighted by molar-refractivity contribution is 6.31. The molecule has 2 rings (SSSR count). The average molecular weight is 262 g/mol. The fourth-order valence-corrected chi connectivity index (χ4v) is 1.99. The lowest BCUT2D eigenvalue weighted by atomic mass is 10.1. The predicted molar refractivity (Wildman–Crippen MR) is 74.8 cm³/mol. The second kappa shape index (κ2) is 5.89. The fraction of sp³-hybridized carbons (Fsp3) is 0.200. The summed E-state index contributed by atoms with van der Waals surface area (Å²) in [5, 5.41) is 0.678. The van der Waals surface area contributed by atoms with Gasteiger partial charge in [0.25, 0.3) is 0 Å². The van der Waals surface area contributed by atoms with Crippen LogP contribution in [0.5, 0.6) is 5.75 Å². The first-order chi connectivity index (χ1) is 8.66. The zero-order valence-corrected chi connectivity index (χ0v) is 11.0. The largest absolute Gasteiger partial charge is 0.489 e. The number of halogens is 1. The molecule has 0 aliphatic rings. The van der Waals surface area contributed by atoms with Crippen molar-refractivity contribution in [3.05, 3.63) is 64.7 Å². The van der Waals surface area contributed by atoms with Crippen LogP contribution in [0.1, 0.15) is 24.1 Å². The van der Waals surface area contributed by atoms with Crippen molar-refractivity contribution in [2.75, 3.05) is 0 Å². The molecule has 2 N–H and O–H groups in total. The molecule has 0 aliphatic heterocycles. The van der Waals surface area contributed by atoms with Crippen LogP contribution in [0, 0.1) is 0 Å². The molecule has 0 fully saturated rings. The van der Waals surface area contributed by atoms with Crippen LogP contribution in [0.4, 0.5) is 0 Å². The highest BCUT2D eigenvalue weighted by Crippen LogP contribution is 2.26. The molecule has 0 radical (unpaired) electrons. The highest BCUT2D eigenvalue weighted by atomic mass is 35.5. The van der Waals surface area contributed by atoms with Gasteiger partial charge in [-0.05, 0) is 36.2 Å². The van der Waals surface area contributed by atoms with Crippen molar-refractivity contribution in [1.82, 2.24) is 0 Å². The molecule has 0 heterocycles. The Bertz CT molecular complexity index is 511. The Hall–Kier alpha value is -1.51. The Morgan fingerprint density at radius 2 is 1.89 bits per heavy atom. The second-order valence-electron chi connectivity index (χ2n) is 4.25. The van der Waals surface area contributed by atoms with Crippen LogP contribution in [-0.2, 0) is 6.61 Å². The number of ether oxygens (including phenoxy) is 1. The Labute approximate surface area is 112 Å². The van der Waals surface area contributed by atoms with Gasteiger partial charge in [0, 0.05) is 11.1 Å². The molecule has 2 nitrogen and oxygen atoms in total. The van der Waals surface area contributed by atoms with Gasteiger partial charge in [0.1, 0.15) is 12.4 Å². The maximum Gasteiger partial charge on any atom is 0.120 e. The first kappa shape index (κ1) is 12.9. The summed E-state index contributed by atoms with van der Waals surface area (Å²) in [6, 6.07) is 15.5. The smallest absolute Gasteiger partial charge is 0.120 e. The normalized spacial score (nSPS) is 12.2. The molecule has 0 bridgehead atoms. The molecule has 1 atom stereocenters. The van der Waals surface area contributed by atoms with E-state index >= 15 is 0 Å². The van der Waals surface area contributed by atoms with Crippen molar-refractivity contribution in [3.8, 4) is 5.75 Å². The third kappa shape index (κ3) is 3.25. The van der Waals surface area contributed by atoms with Gasteiger partial charge in [0.15, 0.2) is 0 Å². The standard InChI is InChI=1S/C15H16ClNO/c1-11(17)14-9-13(7-8-15(14)16)18-10-12-5-3-2-4-6-12/h2-9,11H,10,17H2,1H3. The van der Waals surface area contributed by atoms with Crippen LogP contribution < -0.4 is 10.5 Å². The summed E-state index contributed by atoms with van der Waals surface area (Å²) in [6.07, 6.45) is 0. The zero-order chi connectivity index (χ0) is 13.0. The minimum Gasteiger partial charge on any atom is -0.489 e. The summed E-state index contributed by atoms with van der Waals surface area (Å²) in [6.45, 7) is 2.45. The average Bonchev–Trinajstić information content (AvgIpc) is 2.38. The monoisotopic (exact) mass is 261 g/mol. The molecule has 18 heavy (non-hydrogen) atoms. The van der Waals surface area contributed by atoms with Gasteiger partial charge in [-0.2, -0.15) is 0 Å².